The first-order chi connectivity index (χ1) is 12.7. The van der Waals surface area contributed by atoms with Gasteiger partial charge in [-0.25, -0.2) is 4.98 Å². The number of amides is 1. The lowest BCUT2D eigenvalue weighted by molar-refractivity contribution is -0.000291. The summed E-state index contributed by atoms with van der Waals surface area (Å²) in [6, 6.07) is 9.79. The molecule has 7 heteroatoms. The number of H-pyrrole nitrogens is 1. The molecule has 0 saturated carbocycles. The molecule has 1 fully saturated rings. The van der Waals surface area contributed by atoms with E-state index in [4.69, 9.17) is 4.74 Å². The highest BCUT2D eigenvalue weighted by Crippen LogP contribution is 2.16. The Morgan fingerprint density at radius 2 is 2.27 bits per heavy atom. The third kappa shape index (κ3) is 3.48. The number of hydrogen-bond donors (Lipinski definition) is 1. The van der Waals surface area contributed by atoms with Crippen molar-refractivity contribution in [3.05, 3.63) is 48.0 Å². The van der Waals surface area contributed by atoms with Crippen LogP contribution in [0.15, 0.2) is 36.7 Å². The van der Waals surface area contributed by atoms with Crippen LogP contribution in [0.3, 0.4) is 0 Å². The number of fused-ring (bicyclic) bond motifs is 1. The van der Waals surface area contributed by atoms with Crippen LogP contribution in [0.5, 0.6) is 0 Å². The van der Waals surface area contributed by atoms with Gasteiger partial charge in [0.05, 0.1) is 35.7 Å². The Morgan fingerprint density at radius 1 is 1.38 bits per heavy atom. The second kappa shape index (κ2) is 7.29. The molecule has 1 amide bonds. The SMILES string of the molecule is CN(CC1CCCCO1)C(=O)c1cc(Cn2cnc3ccccc32)[nH]n1. The van der Waals surface area contributed by atoms with Crippen LogP contribution in [0.2, 0.25) is 0 Å². The fraction of sp³-hybridized carbons (Fsp3) is 0.421. The van der Waals surface area contributed by atoms with Crippen molar-refractivity contribution in [2.45, 2.75) is 31.9 Å². The lowest BCUT2D eigenvalue weighted by Gasteiger charge is -2.27. The largest absolute Gasteiger partial charge is 0.376 e. The average Bonchev–Trinajstić information content (AvgIpc) is 3.30. The summed E-state index contributed by atoms with van der Waals surface area (Å²) < 4.78 is 7.76. The minimum Gasteiger partial charge on any atom is -0.376 e. The number of imidazole rings is 1. The number of hydrogen-bond acceptors (Lipinski definition) is 4. The van der Waals surface area contributed by atoms with E-state index in [9.17, 15) is 4.79 Å². The van der Waals surface area contributed by atoms with Gasteiger partial charge in [-0.2, -0.15) is 5.10 Å². The van der Waals surface area contributed by atoms with Gasteiger partial charge in [0.25, 0.3) is 5.91 Å². The first-order valence-corrected chi connectivity index (χ1v) is 9.02. The van der Waals surface area contributed by atoms with Gasteiger partial charge in [-0.15, -0.1) is 0 Å². The van der Waals surface area contributed by atoms with E-state index in [-0.39, 0.29) is 12.0 Å². The molecule has 1 aromatic carbocycles. The maximum absolute atomic E-state index is 12.6. The van der Waals surface area contributed by atoms with Gasteiger partial charge in [-0.1, -0.05) is 12.1 Å². The molecule has 26 heavy (non-hydrogen) atoms. The van der Waals surface area contributed by atoms with Gasteiger partial charge >= 0.3 is 0 Å². The fourth-order valence-corrected chi connectivity index (χ4v) is 3.41. The molecule has 1 N–H and O–H groups in total. The summed E-state index contributed by atoms with van der Waals surface area (Å²) in [7, 11) is 1.80. The van der Waals surface area contributed by atoms with Gasteiger partial charge in [0.2, 0.25) is 0 Å². The smallest absolute Gasteiger partial charge is 0.274 e. The average molecular weight is 353 g/mol. The number of aromatic nitrogens is 4. The lowest BCUT2D eigenvalue weighted by Crippen LogP contribution is -2.37. The summed E-state index contributed by atoms with van der Waals surface area (Å²) in [5.41, 5.74) is 3.32. The highest BCUT2D eigenvalue weighted by molar-refractivity contribution is 5.92. The molecule has 0 aliphatic carbocycles. The number of nitrogens with zero attached hydrogens (tertiary/aromatic N) is 4. The molecule has 2 aromatic heterocycles. The first kappa shape index (κ1) is 16.8. The Balaban J connectivity index is 1.42. The van der Waals surface area contributed by atoms with Crippen LogP contribution in [0.25, 0.3) is 11.0 Å². The van der Waals surface area contributed by atoms with Crippen LogP contribution < -0.4 is 0 Å². The van der Waals surface area contributed by atoms with E-state index < -0.39 is 0 Å². The zero-order valence-corrected chi connectivity index (χ0v) is 14.9. The van der Waals surface area contributed by atoms with Gasteiger partial charge in [0.15, 0.2) is 0 Å². The Bertz CT molecular complexity index is 894. The highest BCUT2D eigenvalue weighted by Gasteiger charge is 2.21. The second-order valence-corrected chi connectivity index (χ2v) is 6.81. The summed E-state index contributed by atoms with van der Waals surface area (Å²) in [5, 5.41) is 7.17. The summed E-state index contributed by atoms with van der Waals surface area (Å²) >= 11 is 0. The zero-order valence-electron chi connectivity index (χ0n) is 14.9. The number of benzene rings is 1. The maximum atomic E-state index is 12.6. The van der Waals surface area contributed by atoms with E-state index in [2.05, 4.69) is 15.2 Å². The first-order valence-electron chi connectivity index (χ1n) is 9.02. The molecule has 136 valence electrons. The number of likely N-dealkylation sites (N-methyl/N-ethyl adjacent to an activating group) is 1. The number of carbonyl (C=O) groups excluding carboxylic acids is 1. The standard InChI is InChI=1S/C19H23N5O2/c1-23(12-15-6-4-5-9-26-15)19(25)17-10-14(21-22-17)11-24-13-20-16-7-2-3-8-18(16)24/h2-3,7-8,10,13,15H,4-6,9,11-12H2,1H3,(H,21,22). The Hall–Kier alpha value is -2.67. The zero-order chi connectivity index (χ0) is 17.9. The Morgan fingerprint density at radius 3 is 3.12 bits per heavy atom. The minimum absolute atomic E-state index is 0.0860. The van der Waals surface area contributed by atoms with Crippen LogP contribution >= 0.6 is 0 Å². The second-order valence-electron chi connectivity index (χ2n) is 6.81. The monoisotopic (exact) mass is 353 g/mol. The van der Waals surface area contributed by atoms with E-state index in [1.165, 1.54) is 0 Å². The molecule has 1 atom stereocenters. The molecule has 3 heterocycles. The van der Waals surface area contributed by atoms with E-state index in [0.717, 1.165) is 42.6 Å². The minimum atomic E-state index is -0.0860. The molecule has 4 rings (SSSR count). The molecular weight excluding hydrogens is 330 g/mol. The van der Waals surface area contributed by atoms with Crippen LogP contribution in [0, 0.1) is 0 Å². The summed E-state index contributed by atoms with van der Waals surface area (Å²) in [6.45, 7) is 1.99. The van der Waals surface area contributed by atoms with Crippen molar-refractivity contribution >= 4 is 16.9 Å². The van der Waals surface area contributed by atoms with Crippen molar-refractivity contribution in [1.82, 2.24) is 24.6 Å². The third-order valence-electron chi connectivity index (χ3n) is 4.82. The number of nitrogens with one attached hydrogen (secondary N) is 1. The molecule has 3 aromatic rings. The normalized spacial score (nSPS) is 17.5. The number of para-hydroxylation sites is 2. The fourth-order valence-electron chi connectivity index (χ4n) is 3.41. The third-order valence-corrected chi connectivity index (χ3v) is 4.82. The summed E-state index contributed by atoms with van der Waals surface area (Å²) in [4.78, 5) is 18.7. The van der Waals surface area contributed by atoms with Crippen molar-refractivity contribution in [2.75, 3.05) is 20.2 Å². The predicted octanol–water partition coefficient (Wildman–Crippen LogP) is 2.45. The number of ether oxygens (including phenoxy) is 1. The van der Waals surface area contributed by atoms with Crippen molar-refractivity contribution in [1.29, 1.82) is 0 Å². The van der Waals surface area contributed by atoms with Crippen molar-refractivity contribution in [3.8, 4) is 0 Å². The van der Waals surface area contributed by atoms with Crippen molar-refractivity contribution in [2.24, 2.45) is 0 Å². The maximum Gasteiger partial charge on any atom is 0.274 e. The molecule has 0 spiro atoms. The molecule has 1 aliphatic heterocycles. The van der Waals surface area contributed by atoms with Gasteiger partial charge in [0, 0.05) is 20.2 Å². The quantitative estimate of drug-likeness (QED) is 0.764. The van der Waals surface area contributed by atoms with Crippen molar-refractivity contribution in [3.63, 3.8) is 0 Å². The van der Waals surface area contributed by atoms with E-state index >= 15 is 0 Å². The highest BCUT2D eigenvalue weighted by atomic mass is 16.5. The number of carbonyl (C=O) groups is 1. The van der Waals surface area contributed by atoms with Gasteiger partial charge in [-0.3, -0.25) is 9.89 Å². The molecule has 1 saturated heterocycles. The van der Waals surface area contributed by atoms with Gasteiger partial charge in [0.1, 0.15) is 5.69 Å². The van der Waals surface area contributed by atoms with Crippen molar-refractivity contribution < 1.29 is 9.53 Å². The molecule has 0 bridgehead atoms. The Labute approximate surface area is 152 Å². The Kier molecular flexibility index (Phi) is 4.71. The predicted molar refractivity (Wildman–Crippen MR) is 98.0 cm³/mol. The lowest BCUT2D eigenvalue weighted by atomic mass is 10.1. The number of rotatable bonds is 5. The van der Waals surface area contributed by atoms with Gasteiger partial charge in [-0.05, 0) is 37.5 Å². The van der Waals surface area contributed by atoms with E-state index in [0.29, 0.717) is 18.8 Å². The molecule has 1 aliphatic rings. The van der Waals surface area contributed by atoms with E-state index in [1.807, 2.05) is 34.9 Å². The van der Waals surface area contributed by atoms with Crippen LogP contribution in [0.1, 0.15) is 35.4 Å². The van der Waals surface area contributed by atoms with Crippen LogP contribution in [-0.4, -0.2) is 56.9 Å². The molecular formula is C19H23N5O2. The number of aromatic amines is 1. The molecule has 0 radical (unpaired) electrons. The van der Waals surface area contributed by atoms with E-state index in [1.54, 1.807) is 18.3 Å². The summed E-state index contributed by atoms with van der Waals surface area (Å²) in [6.07, 6.45) is 5.22. The van der Waals surface area contributed by atoms with Crippen LogP contribution in [-0.2, 0) is 11.3 Å². The topological polar surface area (TPSA) is 76.0 Å². The van der Waals surface area contributed by atoms with Gasteiger partial charge < -0.3 is 14.2 Å². The summed E-state index contributed by atoms with van der Waals surface area (Å²) in [5.74, 6) is -0.0860. The molecule has 7 nitrogen and oxygen atoms in total. The molecule has 1 unspecified atom stereocenters. The van der Waals surface area contributed by atoms with Crippen LogP contribution in [0.4, 0.5) is 0 Å².